The van der Waals surface area contributed by atoms with Crippen LogP contribution in [-0.2, 0) is 14.6 Å². The molecular formula is C16H13FO4S. The molecule has 114 valence electrons. The van der Waals surface area contributed by atoms with Crippen molar-refractivity contribution in [3.05, 3.63) is 66.0 Å². The molecule has 1 aliphatic carbocycles. The van der Waals surface area contributed by atoms with E-state index in [9.17, 15) is 22.7 Å². The molecule has 0 amide bonds. The standard InChI is InChI=1S/C16H13FO4S/c17-11-8-6-10(7-9-11)13-14(16(18)19)15(13)22(20,21)12-4-2-1-3-5-12/h1-9,13-15H,(H,18,19)/t13-,14-,15+/m1/s1. The van der Waals surface area contributed by atoms with Gasteiger partial charge in [-0.3, -0.25) is 4.79 Å². The third-order valence-corrected chi connectivity index (χ3v) is 6.16. The summed E-state index contributed by atoms with van der Waals surface area (Å²) < 4.78 is 38.2. The van der Waals surface area contributed by atoms with E-state index in [1.165, 1.54) is 36.4 Å². The highest BCUT2D eigenvalue weighted by atomic mass is 32.2. The highest BCUT2D eigenvalue weighted by Gasteiger charge is 2.63. The molecule has 1 N–H and O–H groups in total. The molecule has 0 saturated heterocycles. The molecule has 4 nitrogen and oxygen atoms in total. The Morgan fingerprint density at radius 1 is 1.00 bits per heavy atom. The van der Waals surface area contributed by atoms with Gasteiger partial charge in [-0.1, -0.05) is 30.3 Å². The van der Waals surface area contributed by atoms with Crippen LogP contribution in [0.1, 0.15) is 11.5 Å². The van der Waals surface area contributed by atoms with Gasteiger partial charge in [0, 0.05) is 5.92 Å². The van der Waals surface area contributed by atoms with Gasteiger partial charge in [-0.2, -0.15) is 0 Å². The number of sulfone groups is 1. The molecule has 6 heteroatoms. The average molecular weight is 320 g/mol. The van der Waals surface area contributed by atoms with Crippen LogP contribution < -0.4 is 0 Å². The maximum absolute atomic E-state index is 13.0. The van der Waals surface area contributed by atoms with Crippen molar-refractivity contribution in [2.75, 3.05) is 0 Å². The third kappa shape index (κ3) is 2.39. The second-order valence-corrected chi connectivity index (χ2v) is 7.37. The molecule has 1 aliphatic rings. The van der Waals surface area contributed by atoms with E-state index in [-0.39, 0.29) is 4.90 Å². The average Bonchev–Trinajstić information content (AvgIpc) is 3.25. The van der Waals surface area contributed by atoms with Crippen molar-refractivity contribution in [1.29, 1.82) is 0 Å². The van der Waals surface area contributed by atoms with Crippen LogP contribution in [0.25, 0.3) is 0 Å². The molecule has 3 rings (SSSR count). The fourth-order valence-corrected chi connectivity index (χ4v) is 4.96. The normalized spacial score (nSPS) is 24.0. The summed E-state index contributed by atoms with van der Waals surface area (Å²) >= 11 is 0. The highest BCUT2D eigenvalue weighted by Crippen LogP contribution is 2.54. The topological polar surface area (TPSA) is 71.4 Å². The van der Waals surface area contributed by atoms with E-state index < -0.39 is 38.7 Å². The van der Waals surface area contributed by atoms with Gasteiger partial charge >= 0.3 is 5.97 Å². The molecule has 3 atom stereocenters. The van der Waals surface area contributed by atoms with Crippen molar-refractivity contribution in [2.45, 2.75) is 16.1 Å². The molecule has 2 aromatic carbocycles. The molecule has 0 spiro atoms. The summed E-state index contributed by atoms with van der Waals surface area (Å²) in [6.07, 6.45) is 0. The lowest BCUT2D eigenvalue weighted by Gasteiger charge is -2.03. The van der Waals surface area contributed by atoms with Crippen molar-refractivity contribution < 1.29 is 22.7 Å². The second-order valence-electron chi connectivity index (χ2n) is 5.26. The van der Waals surface area contributed by atoms with Crippen LogP contribution in [0.4, 0.5) is 4.39 Å². The van der Waals surface area contributed by atoms with Gasteiger partial charge in [0.05, 0.1) is 16.1 Å². The second kappa shape index (κ2) is 5.21. The van der Waals surface area contributed by atoms with E-state index in [4.69, 9.17) is 0 Å². The van der Waals surface area contributed by atoms with Crippen LogP contribution in [0.5, 0.6) is 0 Å². The number of rotatable bonds is 4. The fraction of sp³-hybridized carbons (Fsp3) is 0.188. The summed E-state index contributed by atoms with van der Waals surface area (Å²) in [5, 5.41) is 8.27. The quantitative estimate of drug-likeness (QED) is 0.939. The predicted octanol–water partition coefficient (Wildman–Crippen LogP) is 2.47. The lowest BCUT2D eigenvalue weighted by Crippen LogP contribution is -2.13. The number of carbonyl (C=O) groups is 1. The number of carboxylic acids is 1. The molecule has 2 aromatic rings. The van der Waals surface area contributed by atoms with Gasteiger partial charge in [-0.05, 0) is 29.8 Å². The predicted molar refractivity (Wildman–Crippen MR) is 77.7 cm³/mol. The molecule has 1 saturated carbocycles. The maximum atomic E-state index is 13.0. The van der Waals surface area contributed by atoms with Gasteiger partial charge in [0.25, 0.3) is 0 Å². The molecule has 0 radical (unpaired) electrons. The summed E-state index contributed by atoms with van der Waals surface area (Å²) in [5.74, 6) is -3.25. The third-order valence-electron chi connectivity index (χ3n) is 3.92. The minimum atomic E-state index is -3.74. The van der Waals surface area contributed by atoms with Crippen molar-refractivity contribution in [2.24, 2.45) is 5.92 Å². The Bertz CT molecular complexity index is 800. The van der Waals surface area contributed by atoms with Gasteiger partial charge in [0.1, 0.15) is 5.82 Å². The van der Waals surface area contributed by atoms with E-state index in [2.05, 4.69) is 0 Å². The minimum Gasteiger partial charge on any atom is -0.481 e. The summed E-state index contributed by atoms with van der Waals surface area (Å²) in [7, 11) is -3.74. The van der Waals surface area contributed by atoms with Gasteiger partial charge in [-0.15, -0.1) is 0 Å². The first kappa shape index (κ1) is 14.7. The van der Waals surface area contributed by atoms with Crippen molar-refractivity contribution in [3.63, 3.8) is 0 Å². The number of halogens is 1. The molecular weight excluding hydrogens is 307 g/mol. The first-order chi connectivity index (χ1) is 10.4. The number of hydrogen-bond acceptors (Lipinski definition) is 3. The van der Waals surface area contributed by atoms with Gasteiger partial charge in [0.2, 0.25) is 0 Å². The van der Waals surface area contributed by atoms with Crippen molar-refractivity contribution >= 4 is 15.8 Å². The number of benzene rings is 2. The van der Waals surface area contributed by atoms with Crippen molar-refractivity contribution in [3.8, 4) is 0 Å². The zero-order valence-electron chi connectivity index (χ0n) is 11.4. The summed E-state index contributed by atoms with van der Waals surface area (Å²) in [6.45, 7) is 0. The van der Waals surface area contributed by atoms with Gasteiger partial charge < -0.3 is 5.11 Å². The van der Waals surface area contributed by atoms with Crippen LogP contribution in [0.2, 0.25) is 0 Å². The molecule has 0 unspecified atom stereocenters. The van der Waals surface area contributed by atoms with Crippen LogP contribution >= 0.6 is 0 Å². The molecule has 0 aromatic heterocycles. The Kier molecular flexibility index (Phi) is 3.48. The van der Waals surface area contributed by atoms with Crippen LogP contribution in [0, 0.1) is 11.7 Å². The molecule has 0 heterocycles. The number of hydrogen-bond donors (Lipinski definition) is 1. The fourth-order valence-electron chi connectivity index (χ4n) is 2.81. The van der Waals surface area contributed by atoms with Gasteiger partial charge in [0.15, 0.2) is 9.84 Å². The van der Waals surface area contributed by atoms with Crippen molar-refractivity contribution in [1.82, 2.24) is 0 Å². The van der Waals surface area contributed by atoms with E-state index in [0.29, 0.717) is 5.56 Å². The largest absolute Gasteiger partial charge is 0.481 e. The number of carboxylic acid groups (broad SMARTS) is 1. The first-order valence-corrected chi connectivity index (χ1v) is 8.25. The summed E-state index contributed by atoms with van der Waals surface area (Å²) in [4.78, 5) is 11.5. The van der Waals surface area contributed by atoms with E-state index >= 15 is 0 Å². The number of aliphatic carboxylic acids is 1. The lowest BCUT2D eigenvalue weighted by molar-refractivity contribution is -0.138. The highest BCUT2D eigenvalue weighted by molar-refractivity contribution is 7.92. The van der Waals surface area contributed by atoms with E-state index in [0.717, 1.165) is 0 Å². The molecule has 1 fully saturated rings. The Morgan fingerprint density at radius 2 is 1.59 bits per heavy atom. The zero-order valence-corrected chi connectivity index (χ0v) is 12.2. The Hall–Kier alpha value is -2.21. The maximum Gasteiger partial charge on any atom is 0.308 e. The molecule has 0 aliphatic heterocycles. The van der Waals surface area contributed by atoms with Crippen LogP contribution in [0.15, 0.2) is 59.5 Å². The first-order valence-electron chi connectivity index (χ1n) is 6.70. The molecule has 0 bridgehead atoms. The Morgan fingerprint density at radius 3 is 2.14 bits per heavy atom. The minimum absolute atomic E-state index is 0.107. The smallest absolute Gasteiger partial charge is 0.308 e. The van der Waals surface area contributed by atoms with Crippen LogP contribution in [-0.4, -0.2) is 24.7 Å². The van der Waals surface area contributed by atoms with E-state index in [1.807, 2.05) is 0 Å². The summed E-state index contributed by atoms with van der Waals surface area (Å²) in [6, 6.07) is 13.1. The lowest BCUT2D eigenvalue weighted by atomic mass is 10.1. The van der Waals surface area contributed by atoms with E-state index in [1.54, 1.807) is 18.2 Å². The van der Waals surface area contributed by atoms with Gasteiger partial charge in [-0.25, -0.2) is 12.8 Å². The monoisotopic (exact) mass is 320 g/mol. The summed E-state index contributed by atoms with van der Waals surface area (Å²) in [5.41, 5.74) is 0.526. The molecule has 22 heavy (non-hydrogen) atoms. The zero-order chi connectivity index (χ0) is 15.9. The SMILES string of the molecule is O=C(O)[C@@H]1[C@@H](c2ccc(F)cc2)[C@@H]1S(=O)(=O)c1ccccc1. The Balaban J connectivity index is 1.99. The Labute approximate surface area is 127 Å². The van der Waals surface area contributed by atoms with Crippen LogP contribution in [0.3, 0.4) is 0 Å².